The first-order valence-corrected chi connectivity index (χ1v) is 8.28. The van der Waals surface area contributed by atoms with Crippen molar-refractivity contribution < 1.29 is 14.0 Å². The third-order valence-electron chi connectivity index (χ3n) is 3.85. The first kappa shape index (κ1) is 16.8. The minimum absolute atomic E-state index is 0.103. The van der Waals surface area contributed by atoms with E-state index in [0.717, 1.165) is 12.0 Å². The van der Waals surface area contributed by atoms with E-state index in [1.807, 2.05) is 56.3 Å². The molecule has 2 aromatic carbocycles. The van der Waals surface area contributed by atoms with Gasteiger partial charge in [0.1, 0.15) is 11.3 Å². The number of fused-ring (bicyclic) bond motifs is 1. The summed E-state index contributed by atoms with van der Waals surface area (Å²) >= 11 is 0. The molecule has 5 nitrogen and oxygen atoms in total. The van der Waals surface area contributed by atoms with E-state index in [4.69, 9.17) is 4.42 Å². The summed E-state index contributed by atoms with van der Waals surface area (Å²) in [5, 5.41) is 6.33. The van der Waals surface area contributed by atoms with Crippen LogP contribution in [0, 0.1) is 6.92 Å². The van der Waals surface area contributed by atoms with Crippen LogP contribution < -0.4 is 10.6 Å². The molecule has 0 unspecified atom stereocenters. The Labute approximate surface area is 146 Å². The molecule has 0 aliphatic rings. The van der Waals surface area contributed by atoms with Gasteiger partial charge in [0.2, 0.25) is 11.7 Å². The normalized spacial score (nSPS) is 10.6. The molecule has 1 heterocycles. The Balaban J connectivity index is 1.94. The molecule has 3 aromatic rings. The Hall–Kier alpha value is -3.08. The van der Waals surface area contributed by atoms with Crippen molar-refractivity contribution in [1.29, 1.82) is 0 Å². The SMILES string of the molecule is CCCC(=O)Nc1c(C(=O)Nc2ccc(C)cc2)oc2ccccc12. The molecule has 0 aliphatic heterocycles. The molecule has 0 aliphatic carbocycles. The lowest BCUT2D eigenvalue weighted by Crippen LogP contribution is -2.16. The monoisotopic (exact) mass is 336 g/mol. The maximum atomic E-state index is 12.7. The zero-order chi connectivity index (χ0) is 17.8. The number of hydrogen-bond acceptors (Lipinski definition) is 3. The van der Waals surface area contributed by atoms with Gasteiger partial charge in [0.05, 0.1) is 0 Å². The van der Waals surface area contributed by atoms with Gasteiger partial charge in [0.25, 0.3) is 5.91 Å². The van der Waals surface area contributed by atoms with Gasteiger partial charge in [-0.05, 0) is 37.6 Å². The number of carbonyl (C=O) groups excluding carboxylic acids is 2. The van der Waals surface area contributed by atoms with Gasteiger partial charge in [0.15, 0.2) is 0 Å². The first-order valence-electron chi connectivity index (χ1n) is 8.28. The van der Waals surface area contributed by atoms with E-state index in [2.05, 4.69) is 10.6 Å². The van der Waals surface area contributed by atoms with Gasteiger partial charge in [-0.1, -0.05) is 36.8 Å². The predicted molar refractivity (Wildman–Crippen MR) is 98.9 cm³/mol. The molecule has 0 saturated carbocycles. The number of nitrogens with one attached hydrogen (secondary N) is 2. The lowest BCUT2D eigenvalue weighted by atomic mass is 10.2. The smallest absolute Gasteiger partial charge is 0.293 e. The van der Waals surface area contributed by atoms with Crippen LogP contribution in [0.1, 0.15) is 35.9 Å². The van der Waals surface area contributed by atoms with E-state index in [9.17, 15) is 9.59 Å². The lowest BCUT2D eigenvalue weighted by Gasteiger charge is -2.07. The van der Waals surface area contributed by atoms with Gasteiger partial charge in [-0.3, -0.25) is 9.59 Å². The number of furan rings is 1. The molecule has 0 spiro atoms. The van der Waals surface area contributed by atoms with E-state index >= 15 is 0 Å². The molecule has 2 N–H and O–H groups in total. The molecule has 25 heavy (non-hydrogen) atoms. The van der Waals surface area contributed by atoms with Crippen LogP contribution in [0.5, 0.6) is 0 Å². The van der Waals surface area contributed by atoms with Crippen molar-refractivity contribution in [2.24, 2.45) is 0 Å². The summed E-state index contributed by atoms with van der Waals surface area (Å²) in [6.45, 7) is 3.91. The molecule has 5 heteroatoms. The van der Waals surface area contributed by atoms with Crippen molar-refractivity contribution in [2.45, 2.75) is 26.7 Å². The molecular formula is C20H20N2O3. The Bertz CT molecular complexity index is 910. The van der Waals surface area contributed by atoms with E-state index in [1.165, 1.54) is 0 Å². The molecule has 3 rings (SSSR count). The fourth-order valence-corrected chi connectivity index (χ4v) is 2.58. The van der Waals surface area contributed by atoms with Crippen LogP contribution in [-0.2, 0) is 4.79 Å². The Morgan fingerprint density at radius 3 is 2.44 bits per heavy atom. The average Bonchev–Trinajstić information content (AvgIpc) is 2.96. The van der Waals surface area contributed by atoms with Gasteiger partial charge in [-0.2, -0.15) is 0 Å². The molecule has 0 radical (unpaired) electrons. The third kappa shape index (κ3) is 3.71. The van der Waals surface area contributed by atoms with Gasteiger partial charge in [0, 0.05) is 17.5 Å². The van der Waals surface area contributed by atoms with E-state index in [1.54, 1.807) is 6.07 Å². The van der Waals surface area contributed by atoms with Crippen molar-refractivity contribution in [2.75, 3.05) is 10.6 Å². The second-order valence-corrected chi connectivity index (χ2v) is 5.92. The molecule has 1 aromatic heterocycles. The van der Waals surface area contributed by atoms with Gasteiger partial charge >= 0.3 is 0 Å². The van der Waals surface area contributed by atoms with Crippen LogP contribution in [0.3, 0.4) is 0 Å². The average molecular weight is 336 g/mol. The van der Waals surface area contributed by atoms with E-state index in [-0.39, 0.29) is 11.7 Å². The summed E-state index contributed by atoms with van der Waals surface area (Å²) < 4.78 is 5.71. The summed E-state index contributed by atoms with van der Waals surface area (Å²) in [6.07, 6.45) is 1.12. The number of aryl methyl sites for hydroxylation is 1. The Kier molecular flexibility index (Phi) is 4.84. The molecule has 0 fully saturated rings. The number of carbonyl (C=O) groups is 2. The van der Waals surface area contributed by atoms with Crippen molar-refractivity contribution in [3.05, 3.63) is 59.9 Å². The summed E-state index contributed by atoms with van der Waals surface area (Å²) in [6, 6.07) is 14.7. The lowest BCUT2D eigenvalue weighted by molar-refractivity contribution is -0.116. The van der Waals surface area contributed by atoms with Gasteiger partial charge < -0.3 is 15.1 Å². The van der Waals surface area contributed by atoms with Crippen LogP contribution in [0.2, 0.25) is 0 Å². The van der Waals surface area contributed by atoms with Crippen LogP contribution in [0.15, 0.2) is 52.9 Å². The number of para-hydroxylation sites is 1. The summed E-state index contributed by atoms with van der Waals surface area (Å²) in [5.74, 6) is -0.434. The highest BCUT2D eigenvalue weighted by Gasteiger charge is 2.22. The fraction of sp³-hybridized carbons (Fsp3) is 0.200. The summed E-state index contributed by atoms with van der Waals surface area (Å²) in [4.78, 5) is 24.7. The molecule has 0 bridgehead atoms. The maximum absolute atomic E-state index is 12.7. The molecule has 0 atom stereocenters. The second-order valence-electron chi connectivity index (χ2n) is 5.92. The predicted octanol–water partition coefficient (Wildman–Crippen LogP) is 4.73. The zero-order valence-electron chi connectivity index (χ0n) is 14.3. The highest BCUT2D eigenvalue weighted by Crippen LogP contribution is 2.31. The number of amides is 2. The van der Waals surface area contributed by atoms with Crippen LogP contribution >= 0.6 is 0 Å². The molecule has 0 saturated heterocycles. The zero-order valence-corrected chi connectivity index (χ0v) is 14.3. The molecular weight excluding hydrogens is 316 g/mol. The molecule has 128 valence electrons. The minimum Gasteiger partial charge on any atom is -0.449 e. The number of benzene rings is 2. The number of rotatable bonds is 5. The number of anilines is 2. The second kappa shape index (κ2) is 7.21. The van der Waals surface area contributed by atoms with Gasteiger partial charge in [-0.15, -0.1) is 0 Å². The highest BCUT2D eigenvalue weighted by molar-refractivity contribution is 6.14. The third-order valence-corrected chi connectivity index (χ3v) is 3.85. The number of hydrogen-bond donors (Lipinski definition) is 2. The van der Waals surface area contributed by atoms with Crippen molar-refractivity contribution in [3.8, 4) is 0 Å². The minimum atomic E-state index is -0.396. The van der Waals surface area contributed by atoms with Crippen LogP contribution in [-0.4, -0.2) is 11.8 Å². The standard InChI is InChI=1S/C20H20N2O3/c1-3-6-17(23)22-18-15-7-4-5-8-16(15)25-19(18)20(24)21-14-11-9-13(2)10-12-14/h4-5,7-12H,3,6H2,1-2H3,(H,21,24)(H,22,23). The van der Waals surface area contributed by atoms with Crippen molar-refractivity contribution in [1.82, 2.24) is 0 Å². The van der Waals surface area contributed by atoms with E-state index in [0.29, 0.717) is 28.8 Å². The first-order chi connectivity index (χ1) is 12.1. The summed E-state index contributed by atoms with van der Waals surface area (Å²) in [5.41, 5.74) is 2.75. The van der Waals surface area contributed by atoms with Crippen LogP contribution in [0.25, 0.3) is 11.0 Å². The molecule has 2 amide bonds. The quantitative estimate of drug-likeness (QED) is 0.707. The Morgan fingerprint density at radius 2 is 1.72 bits per heavy atom. The highest BCUT2D eigenvalue weighted by atomic mass is 16.3. The van der Waals surface area contributed by atoms with E-state index < -0.39 is 5.91 Å². The largest absolute Gasteiger partial charge is 0.449 e. The topological polar surface area (TPSA) is 71.3 Å². The Morgan fingerprint density at radius 1 is 1.00 bits per heavy atom. The fourth-order valence-electron chi connectivity index (χ4n) is 2.58. The maximum Gasteiger partial charge on any atom is 0.293 e. The summed E-state index contributed by atoms with van der Waals surface area (Å²) in [7, 11) is 0. The van der Waals surface area contributed by atoms with Gasteiger partial charge in [-0.25, -0.2) is 0 Å². The van der Waals surface area contributed by atoms with Crippen molar-refractivity contribution in [3.63, 3.8) is 0 Å². The van der Waals surface area contributed by atoms with Crippen LogP contribution in [0.4, 0.5) is 11.4 Å². The van der Waals surface area contributed by atoms with Crippen molar-refractivity contribution >= 4 is 34.2 Å².